The number of nitrogens with zero attached hydrogens (tertiary/aromatic N) is 1. The van der Waals surface area contributed by atoms with Crippen molar-refractivity contribution in [3.8, 4) is 0 Å². The summed E-state index contributed by atoms with van der Waals surface area (Å²) in [4.78, 5) is 11.3. The highest BCUT2D eigenvalue weighted by molar-refractivity contribution is 7.87. The normalized spacial score (nSPS) is 23.8. The second kappa shape index (κ2) is 5.75. The second-order valence-corrected chi connectivity index (χ2v) is 6.10. The van der Waals surface area contributed by atoms with Crippen LogP contribution in [0.25, 0.3) is 0 Å². The number of Topliss-reactive ketones (excluding diaryl/α,β-unsaturated/α-hetero) is 1. The summed E-state index contributed by atoms with van der Waals surface area (Å²) in [5.74, 6) is 0.0398. The molecule has 0 aromatic heterocycles. The van der Waals surface area contributed by atoms with Crippen molar-refractivity contribution in [1.82, 2.24) is 4.72 Å². The Bertz CT molecular complexity index is 482. The Hall–Kier alpha value is -1.02. The molecule has 1 atom stereocenters. The van der Waals surface area contributed by atoms with E-state index in [1.165, 1.54) is 6.92 Å². The highest BCUT2D eigenvalue weighted by Crippen LogP contribution is 2.15. The molecule has 0 bridgehead atoms. The van der Waals surface area contributed by atoms with E-state index in [9.17, 15) is 13.2 Å². The molecule has 18 heavy (non-hydrogen) atoms. The standard InChI is InChI=1S/C11H20N3O3S/c1-10(15)11-5-3-7-14(2,9-11)8-4-6-13-18(12,16)17/h3,5,9,13H,4,6-8H2,1-2H3,(H2,12,16,17)/q+1. The van der Waals surface area contributed by atoms with Gasteiger partial charge < -0.3 is 0 Å². The van der Waals surface area contributed by atoms with Crippen molar-refractivity contribution in [3.63, 3.8) is 0 Å². The van der Waals surface area contributed by atoms with E-state index >= 15 is 0 Å². The minimum Gasteiger partial charge on any atom is -0.296 e. The third-order valence-electron chi connectivity index (χ3n) is 2.83. The fourth-order valence-electron chi connectivity index (χ4n) is 1.87. The lowest BCUT2D eigenvalue weighted by Gasteiger charge is -2.31. The SMILES string of the molecule is CC(=O)C1=C[N+](C)(CCCNS(N)(=O)=O)CC=C1. The van der Waals surface area contributed by atoms with Crippen LogP contribution in [-0.4, -0.2) is 45.4 Å². The third kappa shape index (κ3) is 5.09. The number of ketones is 1. The first-order valence-corrected chi connectivity index (χ1v) is 7.28. The zero-order valence-corrected chi connectivity index (χ0v) is 11.5. The van der Waals surface area contributed by atoms with Crippen LogP contribution in [0.3, 0.4) is 0 Å². The van der Waals surface area contributed by atoms with Gasteiger partial charge in [-0.2, -0.15) is 8.42 Å². The quantitative estimate of drug-likeness (QED) is 0.513. The topological polar surface area (TPSA) is 89.3 Å². The molecule has 3 N–H and O–H groups in total. The zero-order valence-electron chi connectivity index (χ0n) is 10.7. The summed E-state index contributed by atoms with van der Waals surface area (Å²) < 4.78 is 24.2. The number of allylic oxidation sites excluding steroid dienone is 2. The number of hydrogen-bond acceptors (Lipinski definition) is 3. The third-order valence-corrected chi connectivity index (χ3v) is 3.43. The van der Waals surface area contributed by atoms with E-state index in [0.29, 0.717) is 23.0 Å². The summed E-state index contributed by atoms with van der Waals surface area (Å²) in [5, 5.41) is 4.84. The molecular weight excluding hydrogens is 254 g/mol. The first kappa shape index (κ1) is 15.0. The van der Waals surface area contributed by atoms with E-state index < -0.39 is 10.2 Å². The van der Waals surface area contributed by atoms with Crippen molar-refractivity contribution in [1.29, 1.82) is 0 Å². The van der Waals surface area contributed by atoms with Gasteiger partial charge >= 0.3 is 0 Å². The van der Waals surface area contributed by atoms with E-state index in [4.69, 9.17) is 5.14 Å². The van der Waals surface area contributed by atoms with Gasteiger partial charge in [0, 0.05) is 13.0 Å². The fraction of sp³-hybridized carbons (Fsp3) is 0.545. The van der Waals surface area contributed by atoms with E-state index in [1.807, 2.05) is 25.4 Å². The predicted molar refractivity (Wildman–Crippen MR) is 69.5 cm³/mol. The molecule has 1 rings (SSSR count). The van der Waals surface area contributed by atoms with Crippen LogP contribution in [0.4, 0.5) is 0 Å². The van der Waals surface area contributed by atoms with E-state index in [1.54, 1.807) is 0 Å². The van der Waals surface area contributed by atoms with Crippen molar-refractivity contribution in [2.45, 2.75) is 13.3 Å². The van der Waals surface area contributed by atoms with Gasteiger partial charge in [-0.3, -0.25) is 9.28 Å². The van der Waals surface area contributed by atoms with Crippen LogP contribution >= 0.6 is 0 Å². The van der Waals surface area contributed by atoms with Crippen LogP contribution in [0, 0.1) is 0 Å². The molecule has 0 aromatic rings. The monoisotopic (exact) mass is 274 g/mol. The highest BCUT2D eigenvalue weighted by Gasteiger charge is 2.22. The van der Waals surface area contributed by atoms with Crippen molar-refractivity contribution in [3.05, 3.63) is 23.9 Å². The Morgan fingerprint density at radius 2 is 2.22 bits per heavy atom. The summed E-state index contributed by atoms with van der Waals surface area (Å²) in [6.45, 7) is 3.38. The Morgan fingerprint density at radius 3 is 2.78 bits per heavy atom. The molecule has 0 amide bonds. The van der Waals surface area contributed by atoms with Gasteiger partial charge in [0.15, 0.2) is 5.78 Å². The van der Waals surface area contributed by atoms with Gasteiger partial charge in [0.25, 0.3) is 10.2 Å². The highest BCUT2D eigenvalue weighted by atomic mass is 32.2. The number of rotatable bonds is 6. The molecule has 7 heteroatoms. The Labute approximate surface area is 108 Å². The van der Waals surface area contributed by atoms with Crippen LogP contribution < -0.4 is 9.86 Å². The maximum atomic E-state index is 11.3. The minimum absolute atomic E-state index is 0.0398. The molecule has 102 valence electrons. The molecular formula is C11H20N3O3S+. The Kier molecular flexibility index (Phi) is 4.80. The molecule has 0 aliphatic carbocycles. The molecule has 0 radical (unpaired) electrons. The summed E-state index contributed by atoms with van der Waals surface area (Å²) >= 11 is 0. The fourth-order valence-corrected chi connectivity index (χ4v) is 2.30. The van der Waals surface area contributed by atoms with Crippen LogP contribution in [0.15, 0.2) is 23.9 Å². The first-order valence-electron chi connectivity index (χ1n) is 5.74. The minimum atomic E-state index is -3.61. The molecule has 1 aliphatic rings. The van der Waals surface area contributed by atoms with Gasteiger partial charge in [0.2, 0.25) is 0 Å². The maximum absolute atomic E-state index is 11.3. The van der Waals surface area contributed by atoms with Crippen LogP contribution in [0.1, 0.15) is 13.3 Å². The number of nitrogens with two attached hydrogens (primary N) is 1. The van der Waals surface area contributed by atoms with E-state index in [2.05, 4.69) is 4.72 Å². The average Bonchev–Trinajstić information content (AvgIpc) is 2.23. The molecule has 1 aliphatic heterocycles. The average molecular weight is 274 g/mol. The number of quaternary nitrogens is 1. The molecule has 0 fully saturated rings. The number of carbonyl (C=O) groups excluding carboxylic acids is 1. The summed E-state index contributed by atoms with van der Waals surface area (Å²) in [6, 6.07) is 0. The van der Waals surface area contributed by atoms with Crippen molar-refractivity contribution >= 4 is 16.0 Å². The molecule has 0 saturated heterocycles. The zero-order chi connectivity index (χ0) is 13.8. The lowest BCUT2D eigenvalue weighted by molar-refractivity contribution is -0.854. The summed E-state index contributed by atoms with van der Waals surface area (Å²) in [5.41, 5.74) is 0.697. The predicted octanol–water partition coefficient (Wildman–Crippen LogP) is -0.341. The number of likely N-dealkylation sites (N-methyl/N-ethyl adjacent to an activating group) is 1. The van der Waals surface area contributed by atoms with E-state index in [-0.39, 0.29) is 5.78 Å². The molecule has 0 aromatic carbocycles. The van der Waals surface area contributed by atoms with Gasteiger partial charge in [-0.1, -0.05) is 0 Å². The van der Waals surface area contributed by atoms with Gasteiger partial charge in [-0.05, 0) is 19.1 Å². The van der Waals surface area contributed by atoms with Gasteiger partial charge in [0.05, 0.1) is 19.2 Å². The number of nitrogens with one attached hydrogen (secondary N) is 1. The van der Waals surface area contributed by atoms with Crippen molar-refractivity contribution < 1.29 is 17.7 Å². The van der Waals surface area contributed by atoms with Gasteiger partial charge in [0.1, 0.15) is 12.7 Å². The summed E-state index contributed by atoms with van der Waals surface area (Å²) in [7, 11) is -1.61. The number of carbonyl (C=O) groups is 1. The summed E-state index contributed by atoms with van der Waals surface area (Å²) in [6.07, 6.45) is 6.36. The van der Waals surface area contributed by atoms with E-state index in [0.717, 1.165) is 13.1 Å². The smallest absolute Gasteiger partial charge is 0.274 e. The lowest BCUT2D eigenvalue weighted by atomic mass is 10.1. The largest absolute Gasteiger partial charge is 0.296 e. The van der Waals surface area contributed by atoms with Crippen molar-refractivity contribution in [2.75, 3.05) is 26.7 Å². The van der Waals surface area contributed by atoms with Crippen LogP contribution in [-0.2, 0) is 15.0 Å². The molecule has 6 nitrogen and oxygen atoms in total. The first-order chi connectivity index (χ1) is 8.22. The van der Waals surface area contributed by atoms with Crippen LogP contribution in [0.2, 0.25) is 0 Å². The molecule has 0 saturated carbocycles. The molecule has 1 heterocycles. The lowest BCUT2D eigenvalue weighted by Crippen LogP contribution is -2.43. The van der Waals surface area contributed by atoms with Gasteiger partial charge in [-0.15, -0.1) is 0 Å². The Balaban J connectivity index is 2.51. The van der Waals surface area contributed by atoms with Crippen LogP contribution in [0.5, 0.6) is 0 Å². The maximum Gasteiger partial charge on any atom is 0.274 e. The van der Waals surface area contributed by atoms with Crippen molar-refractivity contribution in [2.24, 2.45) is 5.14 Å². The molecule has 1 unspecified atom stereocenters. The van der Waals surface area contributed by atoms with Gasteiger partial charge in [-0.25, -0.2) is 9.86 Å². The number of hydrogen-bond donors (Lipinski definition) is 2. The molecule has 0 spiro atoms. The second-order valence-electron chi connectivity index (χ2n) is 4.72. The Morgan fingerprint density at radius 1 is 1.56 bits per heavy atom.